The van der Waals surface area contributed by atoms with Gasteiger partial charge < -0.3 is 15.8 Å². The first-order chi connectivity index (χ1) is 16.1. The Balaban J connectivity index is 1.54. The summed E-state index contributed by atoms with van der Waals surface area (Å²) in [7, 11) is 0. The van der Waals surface area contributed by atoms with Crippen LogP contribution in [0.25, 0.3) is 27.9 Å². The normalized spacial score (nSPS) is 13.8. The third-order valence-electron chi connectivity index (χ3n) is 5.83. The molecule has 8 heteroatoms. The largest absolute Gasteiger partial charge is 0.490 e. The van der Waals surface area contributed by atoms with Crippen molar-refractivity contribution in [3.63, 3.8) is 0 Å². The van der Waals surface area contributed by atoms with Gasteiger partial charge in [-0.25, -0.2) is 4.98 Å². The minimum absolute atomic E-state index is 0.265. The highest BCUT2D eigenvalue weighted by Crippen LogP contribution is 2.37. The maximum absolute atomic E-state index is 11.6. The second kappa shape index (κ2) is 8.74. The van der Waals surface area contributed by atoms with Crippen molar-refractivity contribution in [2.75, 3.05) is 11.1 Å². The molecule has 3 N–H and O–H groups in total. The Morgan fingerprint density at radius 1 is 1.09 bits per heavy atom. The summed E-state index contributed by atoms with van der Waals surface area (Å²) in [5.41, 5.74) is 10.9. The number of nitrogens with one attached hydrogen (secondary N) is 1. The number of ether oxygens (including phenoxy) is 1. The van der Waals surface area contributed by atoms with Crippen molar-refractivity contribution in [2.24, 2.45) is 0 Å². The fourth-order valence-electron chi connectivity index (χ4n) is 4.20. The Labute approximate surface area is 191 Å². The van der Waals surface area contributed by atoms with Gasteiger partial charge in [0.15, 0.2) is 5.82 Å². The summed E-state index contributed by atoms with van der Waals surface area (Å²) in [4.78, 5) is 15.7. The third kappa shape index (κ3) is 4.15. The number of fused-ring (bicyclic) bond motifs is 1. The van der Waals surface area contributed by atoms with Gasteiger partial charge in [0, 0.05) is 16.8 Å². The van der Waals surface area contributed by atoms with Crippen LogP contribution in [0.3, 0.4) is 0 Å². The number of aromatic nitrogens is 4. The SMILES string of the molecule is C=CC(=O)Nc1ccc(-c2nn3ncnc(N)c3c2-c2ccc(OC3CCCC3)cc2)cc1. The van der Waals surface area contributed by atoms with Gasteiger partial charge in [-0.15, -0.1) is 14.8 Å². The van der Waals surface area contributed by atoms with Gasteiger partial charge in [0.2, 0.25) is 5.91 Å². The second-order valence-electron chi connectivity index (χ2n) is 8.03. The Morgan fingerprint density at radius 2 is 1.79 bits per heavy atom. The van der Waals surface area contributed by atoms with Crippen LogP contribution in [-0.2, 0) is 4.79 Å². The van der Waals surface area contributed by atoms with Crippen LogP contribution >= 0.6 is 0 Å². The number of carbonyl (C=O) groups excluding carboxylic acids is 1. The molecule has 1 fully saturated rings. The lowest BCUT2D eigenvalue weighted by Crippen LogP contribution is -2.10. The monoisotopic (exact) mass is 440 g/mol. The molecule has 1 amide bonds. The lowest BCUT2D eigenvalue weighted by atomic mass is 9.99. The molecule has 166 valence electrons. The number of nitrogen functional groups attached to an aromatic ring is 1. The van der Waals surface area contributed by atoms with Crippen molar-refractivity contribution in [1.82, 2.24) is 19.8 Å². The van der Waals surface area contributed by atoms with Gasteiger partial charge in [0.25, 0.3) is 0 Å². The number of hydrogen-bond acceptors (Lipinski definition) is 6. The van der Waals surface area contributed by atoms with Crippen LogP contribution in [0.1, 0.15) is 25.7 Å². The molecule has 0 spiro atoms. The second-order valence-corrected chi connectivity index (χ2v) is 8.03. The van der Waals surface area contributed by atoms with E-state index in [1.54, 1.807) is 0 Å². The van der Waals surface area contributed by atoms with Gasteiger partial charge in [-0.1, -0.05) is 30.8 Å². The van der Waals surface area contributed by atoms with Crippen LogP contribution < -0.4 is 15.8 Å². The van der Waals surface area contributed by atoms with E-state index in [9.17, 15) is 4.79 Å². The van der Waals surface area contributed by atoms with Crippen LogP contribution in [0.15, 0.2) is 67.5 Å². The zero-order chi connectivity index (χ0) is 22.8. The van der Waals surface area contributed by atoms with Crippen LogP contribution in [0.4, 0.5) is 11.5 Å². The van der Waals surface area contributed by atoms with E-state index in [2.05, 4.69) is 27.1 Å². The van der Waals surface area contributed by atoms with Crippen LogP contribution in [-0.4, -0.2) is 31.8 Å². The highest BCUT2D eigenvalue weighted by Gasteiger charge is 2.21. The molecule has 0 aliphatic heterocycles. The molecule has 0 saturated heterocycles. The quantitative estimate of drug-likeness (QED) is 0.428. The molecular formula is C25H24N6O2. The summed E-state index contributed by atoms with van der Waals surface area (Å²) in [5.74, 6) is 0.939. The molecule has 2 aromatic carbocycles. The minimum atomic E-state index is -0.265. The summed E-state index contributed by atoms with van der Waals surface area (Å²) in [6.07, 6.45) is 7.58. The molecule has 5 rings (SSSR count). The number of nitrogens with zero attached hydrogens (tertiary/aromatic N) is 4. The lowest BCUT2D eigenvalue weighted by molar-refractivity contribution is -0.111. The maximum atomic E-state index is 11.6. The molecule has 1 saturated carbocycles. The van der Waals surface area contributed by atoms with Gasteiger partial charge in [0.1, 0.15) is 23.3 Å². The summed E-state index contributed by atoms with van der Waals surface area (Å²) in [5, 5.41) is 11.7. The minimum Gasteiger partial charge on any atom is -0.490 e. The van der Waals surface area contributed by atoms with Crippen molar-refractivity contribution in [1.29, 1.82) is 0 Å². The van der Waals surface area contributed by atoms with Gasteiger partial charge in [-0.05, 0) is 61.6 Å². The summed E-state index contributed by atoms with van der Waals surface area (Å²) in [6, 6.07) is 15.4. The predicted molar refractivity (Wildman–Crippen MR) is 128 cm³/mol. The van der Waals surface area contributed by atoms with E-state index < -0.39 is 0 Å². The first-order valence-electron chi connectivity index (χ1n) is 10.9. The van der Waals surface area contributed by atoms with Gasteiger partial charge in [-0.3, -0.25) is 4.79 Å². The Kier molecular flexibility index (Phi) is 5.48. The molecule has 0 atom stereocenters. The van der Waals surface area contributed by atoms with E-state index >= 15 is 0 Å². The summed E-state index contributed by atoms with van der Waals surface area (Å²) < 4.78 is 7.62. The van der Waals surface area contributed by atoms with E-state index in [-0.39, 0.29) is 5.91 Å². The summed E-state index contributed by atoms with van der Waals surface area (Å²) in [6.45, 7) is 3.48. The van der Waals surface area contributed by atoms with Crippen molar-refractivity contribution < 1.29 is 9.53 Å². The lowest BCUT2D eigenvalue weighted by Gasteiger charge is -2.13. The first kappa shape index (κ1) is 20.7. The highest BCUT2D eigenvalue weighted by atomic mass is 16.5. The average molecular weight is 441 g/mol. The molecule has 0 unspecified atom stereocenters. The van der Waals surface area contributed by atoms with Crippen molar-refractivity contribution in [3.8, 4) is 28.1 Å². The molecule has 4 aromatic rings. The van der Waals surface area contributed by atoms with Gasteiger partial charge >= 0.3 is 0 Å². The van der Waals surface area contributed by atoms with Crippen molar-refractivity contribution in [3.05, 3.63) is 67.5 Å². The molecule has 0 bridgehead atoms. The Bertz CT molecular complexity index is 1310. The predicted octanol–water partition coefficient (Wildman–Crippen LogP) is 4.49. The molecule has 33 heavy (non-hydrogen) atoms. The molecule has 2 aromatic heterocycles. The Hall–Kier alpha value is -4.20. The number of carbonyl (C=O) groups is 1. The number of amides is 1. The molecule has 1 aliphatic carbocycles. The molecule has 8 nitrogen and oxygen atoms in total. The molecular weight excluding hydrogens is 416 g/mol. The van der Waals surface area contributed by atoms with E-state index in [0.29, 0.717) is 28.8 Å². The van der Waals surface area contributed by atoms with E-state index in [1.807, 2.05) is 48.5 Å². The van der Waals surface area contributed by atoms with E-state index in [4.69, 9.17) is 10.5 Å². The third-order valence-corrected chi connectivity index (χ3v) is 5.83. The van der Waals surface area contributed by atoms with Gasteiger partial charge in [-0.2, -0.15) is 0 Å². The van der Waals surface area contributed by atoms with E-state index in [0.717, 1.165) is 35.3 Å². The average Bonchev–Trinajstić information content (AvgIpc) is 3.49. The van der Waals surface area contributed by atoms with Crippen LogP contribution in [0, 0.1) is 0 Å². The zero-order valence-electron chi connectivity index (χ0n) is 18.1. The van der Waals surface area contributed by atoms with Crippen molar-refractivity contribution in [2.45, 2.75) is 31.8 Å². The van der Waals surface area contributed by atoms with E-state index in [1.165, 1.54) is 29.9 Å². The summed E-state index contributed by atoms with van der Waals surface area (Å²) >= 11 is 0. The standard InChI is InChI=1S/C25H24N6O2/c1-2-21(32)29-18-11-7-17(8-12-18)23-22(24-25(26)27-15-28-31(24)30-23)16-9-13-20(14-10-16)33-19-5-3-4-6-19/h2,7-15,19H,1,3-6H2,(H,29,32)(H2,26,27,28). The topological polar surface area (TPSA) is 107 Å². The molecule has 2 heterocycles. The number of benzene rings is 2. The molecule has 0 radical (unpaired) electrons. The fraction of sp³-hybridized carbons (Fsp3) is 0.200. The maximum Gasteiger partial charge on any atom is 0.247 e. The Morgan fingerprint density at radius 3 is 2.48 bits per heavy atom. The zero-order valence-corrected chi connectivity index (χ0v) is 18.1. The van der Waals surface area contributed by atoms with Crippen LogP contribution in [0.2, 0.25) is 0 Å². The number of nitrogens with two attached hydrogens (primary N) is 1. The van der Waals surface area contributed by atoms with Crippen molar-refractivity contribution >= 4 is 22.9 Å². The fourth-order valence-corrected chi connectivity index (χ4v) is 4.20. The smallest absolute Gasteiger partial charge is 0.247 e. The number of hydrogen-bond donors (Lipinski definition) is 2. The number of anilines is 2. The molecule has 1 aliphatic rings. The van der Waals surface area contributed by atoms with Crippen LogP contribution in [0.5, 0.6) is 5.75 Å². The van der Waals surface area contributed by atoms with Gasteiger partial charge in [0.05, 0.1) is 6.10 Å². The first-order valence-corrected chi connectivity index (χ1v) is 10.9. The highest BCUT2D eigenvalue weighted by molar-refractivity contribution is 5.99. The number of rotatable bonds is 6.